The summed E-state index contributed by atoms with van der Waals surface area (Å²) in [6.07, 6.45) is 4.17. The van der Waals surface area contributed by atoms with Gasteiger partial charge in [-0.2, -0.15) is 0 Å². The van der Waals surface area contributed by atoms with Crippen molar-refractivity contribution in [3.05, 3.63) is 0 Å². The fourth-order valence-corrected chi connectivity index (χ4v) is 1.39. The Kier molecular flexibility index (Phi) is 14.1. The molecule has 0 amide bonds. The van der Waals surface area contributed by atoms with E-state index in [0.717, 1.165) is 25.7 Å². The van der Waals surface area contributed by atoms with Crippen LogP contribution in [0, 0.1) is 5.92 Å². The number of hydrogen-bond donors (Lipinski definition) is 1. The Morgan fingerprint density at radius 2 is 1.88 bits per heavy atom. The van der Waals surface area contributed by atoms with Gasteiger partial charge >= 0.3 is 11.9 Å². The fraction of sp³-hybridized carbons (Fsp3) is 0.833. The van der Waals surface area contributed by atoms with Crippen LogP contribution in [0.25, 0.3) is 0 Å². The summed E-state index contributed by atoms with van der Waals surface area (Å²) in [5.74, 6) is -0.957. The zero-order valence-corrected chi connectivity index (χ0v) is 13.2. The molecule has 0 aliphatic rings. The molecule has 0 aliphatic carbocycles. The summed E-state index contributed by atoms with van der Waals surface area (Å²) in [6, 6.07) is 0. The third-order valence-corrected chi connectivity index (χ3v) is 2.57. The van der Waals surface area contributed by atoms with Crippen molar-refractivity contribution in [2.45, 2.75) is 52.4 Å². The van der Waals surface area contributed by atoms with Crippen molar-refractivity contribution in [2.24, 2.45) is 5.92 Å². The summed E-state index contributed by atoms with van der Waals surface area (Å²) in [6.45, 7) is 4.63. The maximum atomic E-state index is 11.2. The second-order valence-corrected chi connectivity index (χ2v) is 3.99. The van der Waals surface area contributed by atoms with Crippen molar-refractivity contribution in [1.29, 1.82) is 0 Å². The molecule has 0 heterocycles. The minimum Gasteiger partial charge on any atom is -0.481 e. The van der Waals surface area contributed by atoms with Crippen LogP contribution >= 0.6 is 0 Å². The van der Waals surface area contributed by atoms with Gasteiger partial charge in [0.2, 0.25) is 0 Å². The minimum absolute atomic E-state index is 0. The monoisotopic (exact) mass is 253 g/mol. The summed E-state index contributed by atoms with van der Waals surface area (Å²) in [5.41, 5.74) is 0. The van der Waals surface area contributed by atoms with Gasteiger partial charge in [-0.15, -0.1) is 0 Å². The third-order valence-electron chi connectivity index (χ3n) is 2.57. The summed E-state index contributed by atoms with van der Waals surface area (Å²) < 4.78 is 5.04. The molecule has 95 valence electrons. The zero-order chi connectivity index (χ0) is 12.4. The predicted molar refractivity (Wildman–Crippen MR) is 66.9 cm³/mol. The number of esters is 1. The van der Waals surface area contributed by atoms with Crippen LogP contribution in [0.2, 0.25) is 0 Å². The van der Waals surface area contributed by atoms with Crippen molar-refractivity contribution in [3.8, 4) is 0 Å². The van der Waals surface area contributed by atoms with E-state index in [9.17, 15) is 9.59 Å². The van der Waals surface area contributed by atoms with E-state index < -0.39 is 11.9 Å². The number of rotatable bonds is 9. The molecule has 0 aromatic carbocycles. The standard InChI is InChI=1S/C12H22O4.Na/c1-3-5-6-10(4-2)9-16-12(15)8-7-11(13)14;/h10H,3-9H2,1-2H3,(H,13,14);. The molecule has 5 heteroatoms. The summed E-state index contributed by atoms with van der Waals surface area (Å²) in [5, 5.41) is 8.39. The average molecular weight is 253 g/mol. The number of carboxylic acids is 1. The molecular formula is C12H22NaO4. The van der Waals surface area contributed by atoms with Gasteiger partial charge < -0.3 is 9.84 Å². The number of carbonyl (C=O) groups is 2. The molecule has 4 nitrogen and oxygen atoms in total. The van der Waals surface area contributed by atoms with E-state index in [0.29, 0.717) is 12.5 Å². The Morgan fingerprint density at radius 1 is 1.24 bits per heavy atom. The first-order chi connectivity index (χ1) is 7.60. The Morgan fingerprint density at radius 3 is 2.35 bits per heavy atom. The number of ether oxygens (including phenoxy) is 1. The van der Waals surface area contributed by atoms with Crippen LogP contribution in [0.3, 0.4) is 0 Å². The van der Waals surface area contributed by atoms with Gasteiger partial charge in [-0.3, -0.25) is 9.59 Å². The predicted octanol–water partition coefficient (Wildman–Crippen LogP) is 2.23. The van der Waals surface area contributed by atoms with Crippen molar-refractivity contribution in [3.63, 3.8) is 0 Å². The Bertz CT molecular complexity index is 219. The van der Waals surface area contributed by atoms with E-state index in [1.165, 1.54) is 0 Å². The number of hydrogen-bond acceptors (Lipinski definition) is 3. The molecule has 0 saturated heterocycles. The van der Waals surface area contributed by atoms with Gasteiger partial charge in [0.1, 0.15) is 0 Å². The van der Waals surface area contributed by atoms with Crippen molar-refractivity contribution in [2.75, 3.05) is 6.61 Å². The van der Waals surface area contributed by atoms with E-state index >= 15 is 0 Å². The first kappa shape index (κ1) is 19.3. The van der Waals surface area contributed by atoms with Gasteiger partial charge in [-0.05, 0) is 12.3 Å². The van der Waals surface area contributed by atoms with E-state index in [1.807, 2.05) is 0 Å². The molecule has 1 unspecified atom stereocenters. The summed E-state index contributed by atoms with van der Waals surface area (Å²) in [7, 11) is 0. The summed E-state index contributed by atoms with van der Waals surface area (Å²) in [4.78, 5) is 21.4. The van der Waals surface area contributed by atoms with Gasteiger partial charge in [0.05, 0.1) is 19.4 Å². The van der Waals surface area contributed by atoms with E-state index in [1.54, 1.807) is 0 Å². The maximum absolute atomic E-state index is 11.2. The van der Waals surface area contributed by atoms with Gasteiger partial charge in [0, 0.05) is 29.6 Å². The van der Waals surface area contributed by atoms with Crippen LogP contribution in [0.15, 0.2) is 0 Å². The molecule has 0 aromatic rings. The molecule has 0 bridgehead atoms. The largest absolute Gasteiger partial charge is 0.481 e. The number of unbranched alkanes of at least 4 members (excludes halogenated alkanes) is 1. The minimum atomic E-state index is -0.963. The summed E-state index contributed by atoms with van der Waals surface area (Å²) >= 11 is 0. The maximum Gasteiger partial charge on any atom is 0.306 e. The normalized spacial score (nSPS) is 11.4. The van der Waals surface area contributed by atoms with Crippen molar-refractivity contribution >= 4 is 41.5 Å². The fourth-order valence-electron chi connectivity index (χ4n) is 1.39. The number of aliphatic carboxylic acids is 1. The van der Waals surface area contributed by atoms with E-state index in [2.05, 4.69) is 13.8 Å². The molecule has 0 spiro atoms. The molecule has 1 atom stereocenters. The first-order valence-corrected chi connectivity index (χ1v) is 5.97. The molecule has 0 fully saturated rings. The van der Waals surface area contributed by atoms with Crippen LogP contribution in [0.4, 0.5) is 0 Å². The van der Waals surface area contributed by atoms with Gasteiger partial charge in [0.15, 0.2) is 0 Å². The SMILES string of the molecule is CCCCC(CC)COC(=O)CCC(=O)O.[Na]. The quantitative estimate of drug-likeness (QED) is 0.505. The van der Waals surface area contributed by atoms with E-state index in [-0.39, 0.29) is 42.4 Å². The molecule has 0 rings (SSSR count). The Balaban J connectivity index is 0. The molecule has 1 N–H and O–H groups in total. The van der Waals surface area contributed by atoms with Crippen LogP contribution in [-0.4, -0.2) is 53.2 Å². The molecule has 1 radical (unpaired) electrons. The van der Waals surface area contributed by atoms with Crippen LogP contribution in [-0.2, 0) is 14.3 Å². The van der Waals surface area contributed by atoms with Gasteiger partial charge in [-0.1, -0.05) is 33.1 Å². The zero-order valence-electron chi connectivity index (χ0n) is 11.2. The molecular weight excluding hydrogens is 231 g/mol. The molecule has 0 saturated carbocycles. The number of carbonyl (C=O) groups excluding carboxylic acids is 1. The van der Waals surface area contributed by atoms with E-state index in [4.69, 9.17) is 9.84 Å². The van der Waals surface area contributed by atoms with Crippen LogP contribution < -0.4 is 0 Å². The second kappa shape index (κ2) is 12.4. The van der Waals surface area contributed by atoms with Gasteiger partial charge in [0.25, 0.3) is 0 Å². The van der Waals surface area contributed by atoms with Crippen LogP contribution in [0.5, 0.6) is 0 Å². The average Bonchev–Trinajstić information content (AvgIpc) is 2.26. The molecule has 0 aromatic heterocycles. The Labute approximate surface area is 125 Å². The Hall–Kier alpha value is -0.0600. The first-order valence-electron chi connectivity index (χ1n) is 5.97. The topological polar surface area (TPSA) is 63.6 Å². The van der Waals surface area contributed by atoms with Crippen molar-refractivity contribution in [1.82, 2.24) is 0 Å². The second-order valence-electron chi connectivity index (χ2n) is 3.99. The molecule has 0 aliphatic heterocycles. The van der Waals surface area contributed by atoms with Crippen LogP contribution in [0.1, 0.15) is 52.4 Å². The van der Waals surface area contributed by atoms with Crippen molar-refractivity contribution < 1.29 is 19.4 Å². The van der Waals surface area contributed by atoms with Gasteiger partial charge in [-0.25, -0.2) is 0 Å². The third kappa shape index (κ3) is 12.2. The number of carboxylic acid groups (broad SMARTS) is 1. The smallest absolute Gasteiger partial charge is 0.306 e. The molecule has 17 heavy (non-hydrogen) atoms.